The van der Waals surface area contributed by atoms with Crippen LogP contribution < -0.4 is 0 Å². The van der Waals surface area contributed by atoms with Gasteiger partial charge < -0.3 is 5.11 Å². The quantitative estimate of drug-likeness (QED) is 0.710. The number of aliphatic hydroxyl groups is 1. The van der Waals surface area contributed by atoms with E-state index in [9.17, 15) is 8.42 Å². The Morgan fingerprint density at radius 3 is 2.15 bits per heavy atom. The fraction of sp³-hybridized carbons (Fsp3) is 1.00. The van der Waals surface area contributed by atoms with Crippen LogP contribution in [0.1, 0.15) is 26.7 Å². The van der Waals surface area contributed by atoms with E-state index in [1.54, 1.807) is 0 Å². The van der Waals surface area contributed by atoms with Gasteiger partial charge in [0.2, 0.25) is 0 Å². The van der Waals surface area contributed by atoms with Gasteiger partial charge >= 0.3 is 0 Å². The fourth-order valence-electron chi connectivity index (χ4n) is 1.33. The van der Waals surface area contributed by atoms with Crippen LogP contribution in [0.25, 0.3) is 0 Å². The lowest BCUT2D eigenvalue weighted by atomic mass is 9.96. The molecule has 0 aromatic rings. The molecule has 0 aliphatic heterocycles. The predicted octanol–water partition coefficient (Wildman–Crippen LogP) is 1.08. The monoisotopic (exact) mass is 208 g/mol. The molecule has 1 unspecified atom stereocenters. The van der Waals surface area contributed by atoms with E-state index in [1.807, 2.05) is 0 Å². The van der Waals surface area contributed by atoms with Crippen LogP contribution in [-0.2, 0) is 9.84 Å². The molecule has 3 nitrogen and oxygen atoms in total. The lowest BCUT2D eigenvalue weighted by Gasteiger charge is -2.15. The number of hydrogen-bond donors (Lipinski definition) is 1. The first-order valence-electron chi connectivity index (χ1n) is 4.63. The average molecular weight is 208 g/mol. The summed E-state index contributed by atoms with van der Waals surface area (Å²) in [5.41, 5.74) is 0. The predicted molar refractivity (Wildman–Crippen MR) is 54.4 cm³/mol. The molecule has 0 spiro atoms. The summed E-state index contributed by atoms with van der Waals surface area (Å²) in [7, 11) is -2.88. The largest absolute Gasteiger partial charge is 0.396 e. The van der Waals surface area contributed by atoms with Gasteiger partial charge in [-0.25, -0.2) is 8.42 Å². The van der Waals surface area contributed by atoms with Crippen LogP contribution in [0.3, 0.4) is 0 Å². The number of rotatable bonds is 6. The highest BCUT2D eigenvalue weighted by atomic mass is 32.2. The topological polar surface area (TPSA) is 54.4 Å². The molecule has 0 bridgehead atoms. The van der Waals surface area contributed by atoms with Gasteiger partial charge in [-0.1, -0.05) is 13.8 Å². The molecule has 13 heavy (non-hydrogen) atoms. The Hall–Kier alpha value is -0.0900. The molecule has 0 heterocycles. The molecule has 0 aliphatic rings. The first-order chi connectivity index (χ1) is 5.85. The number of aliphatic hydroxyl groups excluding tert-OH is 1. The van der Waals surface area contributed by atoms with Crippen LogP contribution in [0, 0.1) is 11.8 Å². The maximum Gasteiger partial charge on any atom is 0.147 e. The van der Waals surface area contributed by atoms with Crippen molar-refractivity contribution in [2.75, 3.05) is 18.6 Å². The van der Waals surface area contributed by atoms with Crippen LogP contribution in [0.5, 0.6) is 0 Å². The fourth-order valence-corrected chi connectivity index (χ4v) is 2.09. The summed E-state index contributed by atoms with van der Waals surface area (Å²) in [5, 5.41) is 8.98. The number of sulfone groups is 1. The van der Waals surface area contributed by atoms with Crippen molar-refractivity contribution in [3.63, 3.8) is 0 Å². The van der Waals surface area contributed by atoms with Crippen molar-refractivity contribution >= 4 is 9.84 Å². The molecule has 0 aromatic carbocycles. The molecule has 0 radical (unpaired) electrons. The van der Waals surface area contributed by atoms with Crippen LogP contribution >= 0.6 is 0 Å². The van der Waals surface area contributed by atoms with Gasteiger partial charge in [-0.3, -0.25) is 0 Å². The lowest BCUT2D eigenvalue weighted by molar-refractivity contribution is 0.202. The average Bonchev–Trinajstić information content (AvgIpc) is 1.95. The summed E-state index contributed by atoms with van der Waals surface area (Å²) >= 11 is 0. The lowest BCUT2D eigenvalue weighted by Crippen LogP contribution is -2.14. The third kappa shape index (κ3) is 8.25. The molecule has 4 heteroatoms. The van der Waals surface area contributed by atoms with Gasteiger partial charge in [-0.2, -0.15) is 0 Å². The van der Waals surface area contributed by atoms with Crippen LogP contribution in [-0.4, -0.2) is 32.1 Å². The van der Waals surface area contributed by atoms with E-state index in [2.05, 4.69) is 13.8 Å². The van der Waals surface area contributed by atoms with Crippen molar-refractivity contribution in [2.45, 2.75) is 26.7 Å². The second-order valence-corrected chi connectivity index (χ2v) is 6.36. The van der Waals surface area contributed by atoms with Gasteiger partial charge in [0.25, 0.3) is 0 Å². The Labute approximate surface area is 81.1 Å². The summed E-state index contributed by atoms with van der Waals surface area (Å²) in [6.45, 7) is 4.24. The normalized spacial score (nSPS) is 14.8. The van der Waals surface area contributed by atoms with Crippen LogP contribution in [0.4, 0.5) is 0 Å². The van der Waals surface area contributed by atoms with E-state index in [-0.39, 0.29) is 18.3 Å². The van der Waals surface area contributed by atoms with E-state index in [0.717, 1.165) is 6.42 Å². The van der Waals surface area contributed by atoms with E-state index in [1.165, 1.54) is 6.26 Å². The van der Waals surface area contributed by atoms with Crippen molar-refractivity contribution in [1.29, 1.82) is 0 Å². The second-order valence-electron chi connectivity index (χ2n) is 4.10. The summed E-state index contributed by atoms with van der Waals surface area (Å²) in [5.74, 6) is 0.830. The van der Waals surface area contributed by atoms with E-state index < -0.39 is 9.84 Å². The first kappa shape index (κ1) is 12.9. The molecule has 0 aliphatic carbocycles. The molecule has 80 valence electrons. The van der Waals surface area contributed by atoms with Gasteiger partial charge in [0.15, 0.2) is 0 Å². The number of hydrogen-bond acceptors (Lipinski definition) is 3. The van der Waals surface area contributed by atoms with E-state index in [4.69, 9.17) is 5.11 Å². The smallest absolute Gasteiger partial charge is 0.147 e. The summed E-state index contributed by atoms with van der Waals surface area (Å²) in [4.78, 5) is 0. The maximum atomic E-state index is 10.9. The summed E-state index contributed by atoms with van der Waals surface area (Å²) in [6, 6.07) is 0. The van der Waals surface area contributed by atoms with E-state index in [0.29, 0.717) is 12.3 Å². The van der Waals surface area contributed by atoms with Gasteiger partial charge in [-0.15, -0.1) is 0 Å². The van der Waals surface area contributed by atoms with Crippen molar-refractivity contribution in [1.82, 2.24) is 0 Å². The molecule has 1 N–H and O–H groups in total. The van der Waals surface area contributed by atoms with Crippen molar-refractivity contribution in [2.24, 2.45) is 11.8 Å². The van der Waals surface area contributed by atoms with Crippen molar-refractivity contribution < 1.29 is 13.5 Å². The minimum absolute atomic E-state index is 0.0910. The Morgan fingerprint density at radius 1 is 1.31 bits per heavy atom. The summed E-state index contributed by atoms with van der Waals surface area (Å²) < 4.78 is 21.7. The second kappa shape index (κ2) is 5.60. The van der Waals surface area contributed by atoms with Gasteiger partial charge in [0.05, 0.1) is 5.75 Å². The minimum Gasteiger partial charge on any atom is -0.396 e. The van der Waals surface area contributed by atoms with Gasteiger partial charge in [0, 0.05) is 12.9 Å². The van der Waals surface area contributed by atoms with Crippen molar-refractivity contribution in [3.8, 4) is 0 Å². The zero-order valence-corrected chi connectivity index (χ0v) is 9.47. The third-order valence-electron chi connectivity index (χ3n) is 1.96. The van der Waals surface area contributed by atoms with E-state index >= 15 is 0 Å². The first-order valence-corrected chi connectivity index (χ1v) is 6.69. The Bertz CT molecular complexity index is 219. The molecule has 0 aromatic heterocycles. The van der Waals surface area contributed by atoms with Gasteiger partial charge in [0.1, 0.15) is 9.84 Å². The van der Waals surface area contributed by atoms with Crippen LogP contribution in [0.2, 0.25) is 0 Å². The van der Waals surface area contributed by atoms with Gasteiger partial charge in [-0.05, 0) is 24.7 Å². The molecule has 0 amide bonds. The molecule has 0 saturated heterocycles. The highest BCUT2D eigenvalue weighted by Crippen LogP contribution is 2.15. The molecule has 1 atom stereocenters. The Morgan fingerprint density at radius 2 is 1.85 bits per heavy atom. The molecular formula is C9H20O3S. The summed E-state index contributed by atoms with van der Waals surface area (Å²) in [6.07, 6.45) is 2.70. The SMILES string of the molecule is CC(C)CC(CO)CCS(C)(=O)=O. The standard InChI is InChI=1S/C9H20O3S/c1-8(2)6-9(7-10)4-5-13(3,11)12/h8-10H,4-7H2,1-3H3. The zero-order chi connectivity index (χ0) is 10.5. The highest BCUT2D eigenvalue weighted by molar-refractivity contribution is 7.90. The zero-order valence-electron chi connectivity index (χ0n) is 8.66. The Kier molecular flexibility index (Phi) is 5.56. The molecular weight excluding hydrogens is 188 g/mol. The minimum atomic E-state index is -2.88. The maximum absolute atomic E-state index is 10.9. The molecule has 0 rings (SSSR count). The van der Waals surface area contributed by atoms with Crippen LogP contribution in [0.15, 0.2) is 0 Å². The highest BCUT2D eigenvalue weighted by Gasteiger charge is 2.12. The third-order valence-corrected chi connectivity index (χ3v) is 2.94. The molecule has 0 fully saturated rings. The van der Waals surface area contributed by atoms with Crippen molar-refractivity contribution in [3.05, 3.63) is 0 Å². The Balaban J connectivity index is 3.86. The molecule has 0 saturated carbocycles.